The molecule has 1 amide bonds. The van der Waals surface area contributed by atoms with Crippen LogP contribution in [0, 0.1) is 0 Å². The Balaban J connectivity index is 1.55. The molecule has 0 spiro atoms. The van der Waals surface area contributed by atoms with Crippen molar-refractivity contribution in [2.45, 2.75) is 18.9 Å². The Morgan fingerprint density at radius 3 is 2.83 bits per heavy atom. The molecule has 3 heterocycles. The van der Waals surface area contributed by atoms with E-state index in [1.54, 1.807) is 19.4 Å². The molecule has 1 saturated heterocycles. The summed E-state index contributed by atoms with van der Waals surface area (Å²) in [6.07, 6.45) is 4.69. The Hall–Kier alpha value is -2.70. The van der Waals surface area contributed by atoms with Crippen molar-refractivity contribution in [3.05, 3.63) is 42.5 Å². The lowest BCUT2D eigenvalue weighted by molar-refractivity contribution is 0.0926. The molecule has 3 rings (SSSR count). The van der Waals surface area contributed by atoms with E-state index in [1.165, 1.54) is 6.33 Å². The minimum absolute atomic E-state index is 0.148. The van der Waals surface area contributed by atoms with Gasteiger partial charge in [-0.05, 0) is 25.0 Å². The average Bonchev–Trinajstić information content (AvgIpc) is 2.63. The first-order valence-corrected chi connectivity index (χ1v) is 7.59. The number of hydrogen-bond donors (Lipinski definition) is 1. The van der Waals surface area contributed by atoms with Gasteiger partial charge in [0.15, 0.2) is 0 Å². The quantitative estimate of drug-likeness (QED) is 0.916. The maximum Gasteiger partial charge on any atom is 0.270 e. The van der Waals surface area contributed by atoms with Crippen LogP contribution in [0.4, 0.5) is 5.82 Å². The van der Waals surface area contributed by atoms with Gasteiger partial charge in [-0.3, -0.25) is 4.79 Å². The van der Waals surface area contributed by atoms with Crippen molar-refractivity contribution in [3.63, 3.8) is 0 Å². The molecule has 7 heteroatoms. The number of nitrogens with zero attached hydrogens (tertiary/aromatic N) is 4. The number of methoxy groups -OCH3 is 1. The van der Waals surface area contributed by atoms with E-state index in [1.807, 2.05) is 18.2 Å². The summed E-state index contributed by atoms with van der Waals surface area (Å²) in [4.78, 5) is 26.5. The zero-order valence-corrected chi connectivity index (χ0v) is 13.0. The van der Waals surface area contributed by atoms with Crippen molar-refractivity contribution < 1.29 is 9.53 Å². The highest BCUT2D eigenvalue weighted by Crippen LogP contribution is 2.20. The van der Waals surface area contributed by atoms with E-state index in [0.29, 0.717) is 11.6 Å². The number of pyridine rings is 1. The van der Waals surface area contributed by atoms with E-state index in [0.717, 1.165) is 31.7 Å². The molecule has 1 aliphatic rings. The van der Waals surface area contributed by atoms with Crippen molar-refractivity contribution in [1.82, 2.24) is 20.3 Å². The molecule has 0 unspecified atom stereocenters. The van der Waals surface area contributed by atoms with Crippen LogP contribution in [0.3, 0.4) is 0 Å². The fraction of sp³-hybridized carbons (Fsp3) is 0.375. The zero-order chi connectivity index (χ0) is 16.1. The van der Waals surface area contributed by atoms with Gasteiger partial charge in [-0.1, -0.05) is 6.07 Å². The average molecular weight is 313 g/mol. The third-order valence-corrected chi connectivity index (χ3v) is 3.89. The van der Waals surface area contributed by atoms with Crippen LogP contribution in [0.1, 0.15) is 23.3 Å². The number of rotatable bonds is 4. The Bertz CT molecular complexity index is 657. The Morgan fingerprint density at radius 1 is 1.30 bits per heavy atom. The predicted molar refractivity (Wildman–Crippen MR) is 85.5 cm³/mol. The molecule has 2 aromatic heterocycles. The molecule has 1 fully saturated rings. The predicted octanol–water partition coefficient (Wildman–Crippen LogP) is 1.28. The summed E-state index contributed by atoms with van der Waals surface area (Å²) < 4.78 is 5.16. The number of carbonyl (C=O) groups excluding carboxylic acids is 1. The number of aromatic nitrogens is 3. The lowest BCUT2D eigenvalue weighted by Crippen LogP contribution is -2.45. The second-order valence-electron chi connectivity index (χ2n) is 5.37. The maximum atomic E-state index is 12.1. The molecule has 23 heavy (non-hydrogen) atoms. The van der Waals surface area contributed by atoms with Crippen LogP contribution < -0.4 is 15.0 Å². The Morgan fingerprint density at radius 2 is 2.13 bits per heavy atom. The minimum atomic E-state index is -0.148. The van der Waals surface area contributed by atoms with Gasteiger partial charge in [-0.15, -0.1) is 0 Å². The smallest absolute Gasteiger partial charge is 0.270 e. The van der Waals surface area contributed by atoms with Crippen molar-refractivity contribution in [1.29, 1.82) is 0 Å². The van der Waals surface area contributed by atoms with Gasteiger partial charge in [0, 0.05) is 31.4 Å². The van der Waals surface area contributed by atoms with Gasteiger partial charge in [0.25, 0.3) is 5.91 Å². The number of anilines is 1. The number of amides is 1. The monoisotopic (exact) mass is 313 g/mol. The first-order valence-electron chi connectivity index (χ1n) is 7.59. The lowest BCUT2D eigenvalue weighted by Gasteiger charge is -2.33. The largest absolute Gasteiger partial charge is 0.481 e. The van der Waals surface area contributed by atoms with Crippen LogP contribution in [0.15, 0.2) is 36.8 Å². The number of piperidine rings is 1. The van der Waals surface area contributed by atoms with Gasteiger partial charge in [0.1, 0.15) is 17.8 Å². The van der Waals surface area contributed by atoms with Crippen LogP contribution >= 0.6 is 0 Å². The third-order valence-electron chi connectivity index (χ3n) is 3.89. The third kappa shape index (κ3) is 3.74. The molecular formula is C16H19N5O2. The Labute approximate surface area is 134 Å². The van der Waals surface area contributed by atoms with E-state index in [4.69, 9.17) is 4.74 Å². The summed E-state index contributed by atoms with van der Waals surface area (Å²) in [5, 5.41) is 3.03. The second kappa shape index (κ2) is 7.04. The van der Waals surface area contributed by atoms with Crippen molar-refractivity contribution in [3.8, 4) is 5.88 Å². The van der Waals surface area contributed by atoms with E-state index < -0.39 is 0 Å². The molecule has 0 saturated carbocycles. The van der Waals surface area contributed by atoms with Gasteiger partial charge >= 0.3 is 0 Å². The highest BCUT2D eigenvalue weighted by Gasteiger charge is 2.22. The fourth-order valence-corrected chi connectivity index (χ4v) is 2.63. The molecule has 7 nitrogen and oxygen atoms in total. The summed E-state index contributed by atoms with van der Waals surface area (Å²) in [5.41, 5.74) is 0.400. The number of carbonyl (C=O) groups is 1. The molecule has 0 radical (unpaired) electrons. The molecule has 2 aromatic rings. The first-order chi connectivity index (χ1) is 11.3. The van der Waals surface area contributed by atoms with E-state index in [9.17, 15) is 4.79 Å². The standard InChI is InChI=1S/C16H19N5O2/c1-23-15-4-2-3-14(20-15)21-9-6-12(7-10-21)19-16(22)13-5-8-17-11-18-13/h2-5,8,11-12H,6-7,9-10H2,1H3,(H,19,22). The first kappa shape index (κ1) is 15.2. The van der Waals surface area contributed by atoms with Crippen LogP contribution in [0.2, 0.25) is 0 Å². The van der Waals surface area contributed by atoms with Crippen LogP contribution in [0.5, 0.6) is 5.88 Å². The normalized spacial score (nSPS) is 15.3. The highest BCUT2D eigenvalue weighted by atomic mass is 16.5. The molecule has 0 aliphatic carbocycles. The van der Waals surface area contributed by atoms with Gasteiger partial charge in [0.2, 0.25) is 5.88 Å². The van der Waals surface area contributed by atoms with E-state index >= 15 is 0 Å². The van der Waals surface area contributed by atoms with E-state index in [2.05, 4.69) is 25.2 Å². The number of hydrogen-bond acceptors (Lipinski definition) is 6. The number of ether oxygens (including phenoxy) is 1. The van der Waals surface area contributed by atoms with Gasteiger partial charge in [-0.25, -0.2) is 9.97 Å². The summed E-state index contributed by atoms with van der Waals surface area (Å²) in [6.45, 7) is 1.68. The maximum absolute atomic E-state index is 12.1. The zero-order valence-electron chi connectivity index (χ0n) is 13.0. The number of nitrogens with one attached hydrogen (secondary N) is 1. The van der Waals surface area contributed by atoms with Gasteiger partial charge in [0.05, 0.1) is 7.11 Å². The van der Waals surface area contributed by atoms with Gasteiger partial charge in [-0.2, -0.15) is 4.98 Å². The van der Waals surface area contributed by atoms with Crippen LogP contribution in [0.25, 0.3) is 0 Å². The summed E-state index contributed by atoms with van der Waals surface area (Å²) in [5.74, 6) is 1.37. The molecule has 1 aliphatic heterocycles. The van der Waals surface area contributed by atoms with E-state index in [-0.39, 0.29) is 11.9 Å². The highest BCUT2D eigenvalue weighted by molar-refractivity contribution is 5.92. The van der Waals surface area contributed by atoms with Crippen LogP contribution in [-0.2, 0) is 0 Å². The van der Waals surface area contributed by atoms with Crippen molar-refractivity contribution >= 4 is 11.7 Å². The second-order valence-corrected chi connectivity index (χ2v) is 5.37. The topological polar surface area (TPSA) is 80.2 Å². The molecule has 1 N–H and O–H groups in total. The SMILES string of the molecule is COc1cccc(N2CCC(NC(=O)c3ccncn3)CC2)n1. The summed E-state index contributed by atoms with van der Waals surface area (Å²) in [7, 11) is 1.61. The molecule has 0 atom stereocenters. The van der Waals surface area contributed by atoms with Crippen molar-refractivity contribution in [2.24, 2.45) is 0 Å². The van der Waals surface area contributed by atoms with Crippen molar-refractivity contribution in [2.75, 3.05) is 25.1 Å². The van der Waals surface area contributed by atoms with Gasteiger partial charge < -0.3 is 15.0 Å². The lowest BCUT2D eigenvalue weighted by atomic mass is 10.0. The fourth-order valence-electron chi connectivity index (χ4n) is 2.63. The summed E-state index contributed by atoms with van der Waals surface area (Å²) in [6, 6.07) is 7.51. The summed E-state index contributed by atoms with van der Waals surface area (Å²) >= 11 is 0. The Kier molecular flexibility index (Phi) is 4.65. The molecule has 120 valence electrons. The molecule has 0 aromatic carbocycles. The molecular weight excluding hydrogens is 294 g/mol. The van der Waals surface area contributed by atoms with Crippen LogP contribution in [-0.4, -0.2) is 47.1 Å². The minimum Gasteiger partial charge on any atom is -0.481 e. The molecule has 0 bridgehead atoms.